The largest absolute Gasteiger partial charge is 0.186 e. The van der Waals surface area contributed by atoms with E-state index in [1.54, 1.807) is 54.6 Å². The Labute approximate surface area is 202 Å². The molecule has 27 heavy (non-hydrogen) atoms. The Morgan fingerprint density at radius 1 is 0.519 bits per heavy atom. The van der Waals surface area contributed by atoms with Crippen molar-refractivity contribution in [1.82, 2.24) is 0 Å². The van der Waals surface area contributed by atoms with Crippen LogP contribution in [-0.2, 0) is 4.87 Å². The van der Waals surface area contributed by atoms with Gasteiger partial charge in [-0.1, -0.05) is 153 Å². The molecule has 2 aromatic carbocycles. The van der Waals surface area contributed by atoms with Crippen molar-refractivity contribution in [3.05, 3.63) is 71.8 Å². The highest BCUT2D eigenvalue weighted by Gasteiger charge is 2.83. The molecule has 0 radical (unpaired) electrons. The van der Waals surface area contributed by atoms with Crippen LogP contribution in [-0.4, -0.2) is 17.3 Å². The summed E-state index contributed by atoms with van der Waals surface area (Å²) in [6.07, 6.45) is 0. The molecule has 146 valence electrons. The fourth-order valence-corrected chi connectivity index (χ4v) is 7.69. The molecule has 0 saturated heterocycles. The second-order valence-electron chi connectivity index (χ2n) is 6.26. The molecule has 0 aromatic heterocycles. The van der Waals surface area contributed by atoms with Gasteiger partial charge in [-0.05, 0) is 11.1 Å². The smallest absolute Gasteiger partial charge is 0.107 e. The van der Waals surface area contributed by atoms with E-state index in [0.29, 0.717) is 11.1 Å². The molecule has 1 aliphatic rings. The quantitative estimate of drug-likeness (QED) is 0.331. The van der Waals surface area contributed by atoms with Gasteiger partial charge in [0, 0.05) is 0 Å². The fraction of sp³-hybridized carbons (Fsp3) is 0.333. The van der Waals surface area contributed by atoms with Crippen LogP contribution in [0.3, 0.4) is 0 Å². The van der Waals surface area contributed by atoms with Crippen molar-refractivity contribution in [2.75, 3.05) is 0 Å². The van der Waals surface area contributed by atoms with Gasteiger partial charge in [-0.2, -0.15) is 0 Å². The van der Waals surface area contributed by atoms with Crippen LogP contribution >= 0.6 is 104 Å². The zero-order valence-electron chi connectivity index (χ0n) is 13.3. The van der Waals surface area contributed by atoms with E-state index in [4.69, 9.17) is 104 Å². The third kappa shape index (κ3) is 3.01. The first-order chi connectivity index (χ1) is 12.3. The van der Waals surface area contributed by atoms with E-state index < -0.39 is 28.1 Å². The molecule has 0 aliphatic heterocycles. The van der Waals surface area contributed by atoms with Gasteiger partial charge < -0.3 is 0 Å². The van der Waals surface area contributed by atoms with Crippen LogP contribution in [0.5, 0.6) is 0 Å². The fourth-order valence-electron chi connectivity index (χ4n) is 3.35. The molecule has 1 aliphatic carbocycles. The first-order valence-electron chi connectivity index (χ1n) is 7.64. The van der Waals surface area contributed by atoms with Gasteiger partial charge >= 0.3 is 0 Å². The molecule has 3 rings (SSSR count). The Kier molecular flexibility index (Phi) is 6.17. The molecule has 2 atom stereocenters. The maximum Gasteiger partial charge on any atom is 0.186 e. The summed E-state index contributed by atoms with van der Waals surface area (Å²) in [6, 6.07) is 17.4. The van der Waals surface area contributed by atoms with Gasteiger partial charge in [-0.25, -0.2) is 0 Å². The van der Waals surface area contributed by atoms with Crippen molar-refractivity contribution in [2.45, 2.75) is 28.1 Å². The van der Waals surface area contributed by atoms with Crippen molar-refractivity contribution in [3.63, 3.8) is 0 Å². The Bertz CT molecular complexity index is 817. The third-order valence-electron chi connectivity index (χ3n) is 4.73. The number of hydrogen-bond acceptors (Lipinski definition) is 0. The van der Waals surface area contributed by atoms with Crippen molar-refractivity contribution in [1.29, 1.82) is 0 Å². The van der Waals surface area contributed by atoms with E-state index >= 15 is 0 Å². The molecule has 0 spiro atoms. The van der Waals surface area contributed by atoms with Crippen molar-refractivity contribution < 1.29 is 0 Å². The van der Waals surface area contributed by atoms with Crippen LogP contribution in [0.2, 0.25) is 0 Å². The lowest BCUT2D eigenvalue weighted by molar-refractivity contribution is 0.283. The average Bonchev–Trinajstić information content (AvgIpc) is 2.61. The highest BCUT2D eigenvalue weighted by Crippen LogP contribution is 2.77. The number of hydrogen-bond donors (Lipinski definition) is 0. The summed E-state index contributed by atoms with van der Waals surface area (Å²) in [4.78, 5) is -1.87. The Morgan fingerprint density at radius 3 is 1.44 bits per heavy atom. The van der Waals surface area contributed by atoms with Crippen LogP contribution in [0.25, 0.3) is 0 Å². The predicted octanol–water partition coefficient (Wildman–Crippen LogP) is 8.61. The minimum atomic E-state index is -2.18. The summed E-state index contributed by atoms with van der Waals surface area (Å²) in [5.74, 6) is -1.05. The molecular formula is C18H11Cl9. The average molecular weight is 546 g/mol. The topological polar surface area (TPSA) is 0 Å². The van der Waals surface area contributed by atoms with E-state index in [9.17, 15) is 0 Å². The molecule has 1 fully saturated rings. The van der Waals surface area contributed by atoms with Gasteiger partial charge in [-0.15, -0.1) is 11.6 Å². The van der Waals surface area contributed by atoms with E-state index in [-0.39, 0.29) is 0 Å². The predicted molar refractivity (Wildman–Crippen MR) is 121 cm³/mol. The lowest BCUT2D eigenvalue weighted by Crippen LogP contribution is -2.73. The third-order valence-corrected chi connectivity index (χ3v) is 11.0. The maximum atomic E-state index is 7.03. The molecular weight excluding hydrogens is 535 g/mol. The lowest BCUT2D eigenvalue weighted by Gasteiger charge is -2.62. The molecule has 0 nitrogen and oxygen atoms in total. The molecule has 0 amide bonds. The lowest BCUT2D eigenvalue weighted by atomic mass is 9.71. The number of rotatable bonds is 2. The number of alkyl halides is 9. The van der Waals surface area contributed by atoms with Gasteiger partial charge in [0.1, 0.15) is 4.87 Å². The second kappa shape index (κ2) is 7.33. The minimum Gasteiger partial charge on any atom is -0.107 e. The normalized spacial score (nSPS) is 30.6. The van der Waals surface area contributed by atoms with E-state index in [1.165, 1.54) is 0 Å². The molecule has 0 bridgehead atoms. The van der Waals surface area contributed by atoms with Crippen LogP contribution in [0.1, 0.15) is 17.0 Å². The van der Waals surface area contributed by atoms with Crippen molar-refractivity contribution in [3.8, 4) is 0 Å². The zero-order valence-corrected chi connectivity index (χ0v) is 20.1. The van der Waals surface area contributed by atoms with Gasteiger partial charge in [0.2, 0.25) is 0 Å². The molecule has 1 saturated carbocycles. The van der Waals surface area contributed by atoms with Gasteiger partial charge in [-0.3, -0.25) is 0 Å². The standard InChI is InChI=1S/C18H11Cl9/c19-14(12-9-5-2-6-10-12)15(20,21)13(11-7-3-1-4-8-11)16(22,23)18(26,27)17(14,24)25/h1-10,13H. The highest BCUT2D eigenvalue weighted by molar-refractivity contribution is 6.74. The van der Waals surface area contributed by atoms with Crippen molar-refractivity contribution >= 4 is 104 Å². The van der Waals surface area contributed by atoms with E-state index in [1.807, 2.05) is 6.07 Å². The summed E-state index contributed by atoms with van der Waals surface area (Å²) in [6.45, 7) is 0. The Morgan fingerprint density at radius 2 is 0.963 bits per heavy atom. The minimum absolute atomic E-state index is 0.414. The van der Waals surface area contributed by atoms with Crippen LogP contribution < -0.4 is 0 Å². The van der Waals surface area contributed by atoms with Gasteiger partial charge in [0.05, 0.1) is 5.92 Å². The summed E-state index contributed by atoms with van der Waals surface area (Å²) in [5.41, 5.74) is 0.986. The first-order valence-corrected chi connectivity index (χ1v) is 11.0. The van der Waals surface area contributed by atoms with Crippen LogP contribution in [0.15, 0.2) is 60.7 Å². The molecule has 2 aromatic rings. The summed E-state index contributed by atoms with van der Waals surface area (Å²) in [7, 11) is 0. The summed E-state index contributed by atoms with van der Waals surface area (Å²) < 4.78 is -8.23. The van der Waals surface area contributed by atoms with Gasteiger partial charge in [0.15, 0.2) is 17.3 Å². The SMILES string of the molecule is ClC1(Cl)C(c2ccccc2)C(Cl)(Cl)C(Cl)(c2ccccc2)C(Cl)(Cl)C1(Cl)Cl. The monoisotopic (exact) mass is 542 g/mol. The van der Waals surface area contributed by atoms with Crippen molar-refractivity contribution in [2.24, 2.45) is 0 Å². The maximum absolute atomic E-state index is 7.03. The number of benzene rings is 2. The molecule has 9 heteroatoms. The first kappa shape index (κ1) is 22.7. The molecule has 0 heterocycles. The van der Waals surface area contributed by atoms with E-state index in [0.717, 1.165) is 0 Å². The Hall–Kier alpha value is 1.05. The highest BCUT2D eigenvalue weighted by atomic mass is 35.6. The van der Waals surface area contributed by atoms with Gasteiger partial charge in [0.25, 0.3) is 0 Å². The summed E-state index contributed by atoms with van der Waals surface area (Å²) >= 11 is 60.6. The molecule has 0 N–H and O–H groups in total. The summed E-state index contributed by atoms with van der Waals surface area (Å²) in [5, 5.41) is 0. The molecule has 2 unspecified atom stereocenters. The Balaban J connectivity index is 2.38. The number of halogens is 9. The second-order valence-corrected chi connectivity index (χ2v) is 12.3. The van der Waals surface area contributed by atoms with Crippen LogP contribution in [0, 0.1) is 0 Å². The van der Waals surface area contributed by atoms with Crippen LogP contribution in [0.4, 0.5) is 0 Å². The zero-order chi connectivity index (χ0) is 20.3. The van der Waals surface area contributed by atoms with E-state index in [2.05, 4.69) is 0 Å².